The number of imidazole rings is 1. The van der Waals surface area contributed by atoms with Crippen LogP contribution in [0.1, 0.15) is 11.1 Å². The molecule has 0 spiro atoms. The molecule has 3 heterocycles. The molecule has 2 aromatic heterocycles. The first kappa shape index (κ1) is 15.0. The van der Waals surface area contributed by atoms with E-state index >= 15 is 0 Å². The molecule has 124 valence electrons. The Kier molecular flexibility index (Phi) is 3.32. The topological polar surface area (TPSA) is 99.0 Å². The second kappa shape index (κ2) is 5.53. The van der Waals surface area contributed by atoms with Crippen LogP contribution >= 0.6 is 0 Å². The fraction of sp³-hybridized carbons (Fsp3) is 0.167. The minimum absolute atomic E-state index is 0.192. The standard InChI is InChI=1S/C18H15N5O2/c1-10-16(13-7-21-8-23(13)2)12(6-19)18(20)22-17(10)11-3-4-14-15(5-11)25-9-24-14/h3-5,7-8H,9H2,1-2H3,(H2,20,22). The second-order valence-electron chi connectivity index (χ2n) is 5.79. The van der Waals surface area contributed by atoms with Crippen molar-refractivity contribution in [3.05, 3.63) is 41.9 Å². The summed E-state index contributed by atoms with van der Waals surface area (Å²) in [4.78, 5) is 8.62. The van der Waals surface area contributed by atoms with Gasteiger partial charge in [0.2, 0.25) is 6.79 Å². The first-order chi connectivity index (χ1) is 12.1. The third kappa shape index (κ3) is 2.27. The van der Waals surface area contributed by atoms with Gasteiger partial charge in [0.05, 0.1) is 23.9 Å². The van der Waals surface area contributed by atoms with Crippen molar-refractivity contribution in [1.29, 1.82) is 5.26 Å². The highest BCUT2D eigenvalue weighted by Crippen LogP contribution is 2.39. The Morgan fingerprint density at radius 1 is 1.28 bits per heavy atom. The minimum atomic E-state index is 0.192. The molecule has 25 heavy (non-hydrogen) atoms. The molecule has 0 atom stereocenters. The summed E-state index contributed by atoms with van der Waals surface area (Å²) in [6.07, 6.45) is 3.40. The highest BCUT2D eigenvalue weighted by molar-refractivity contribution is 5.83. The Hall–Kier alpha value is -3.53. The highest BCUT2D eigenvalue weighted by Gasteiger charge is 2.22. The Balaban J connectivity index is 1.98. The van der Waals surface area contributed by atoms with Crippen molar-refractivity contribution in [2.75, 3.05) is 12.5 Å². The lowest BCUT2D eigenvalue weighted by atomic mass is 9.96. The molecular formula is C18H15N5O2. The number of fused-ring (bicyclic) bond motifs is 1. The van der Waals surface area contributed by atoms with E-state index in [0.717, 1.165) is 22.4 Å². The summed E-state index contributed by atoms with van der Waals surface area (Å²) in [5.41, 5.74) is 10.4. The quantitative estimate of drug-likeness (QED) is 0.774. The lowest BCUT2D eigenvalue weighted by Gasteiger charge is -2.15. The first-order valence-corrected chi connectivity index (χ1v) is 7.67. The van der Waals surface area contributed by atoms with Gasteiger partial charge in [-0.25, -0.2) is 9.97 Å². The smallest absolute Gasteiger partial charge is 0.231 e. The van der Waals surface area contributed by atoms with Crippen LogP contribution in [0.15, 0.2) is 30.7 Å². The molecule has 0 saturated heterocycles. The largest absolute Gasteiger partial charge is 0.454 e. The van der Waals surface area contributed by atoms with E-state index in [4.69, 9.17) is 15.2 Å². The van der Waals surface area contributed by atoms with Crippen molar-refractivity contribution in [2.24, 2.45) is 7.05 Å². The summed E-state index contributed by atoms with van der Waals surface area (Å²) in [5, 5.41) is 9.57. The zero-order valence-electron chi connectivity index (χ0n) is 13.8. The highest BCUT2D eigenvalue weighted by atomic mass is 16.7. The van der Waals surface area contributed by atoms with Crippen molar-refractivity contribution in [2.45, 2.75) is 6.92 Å². The van der Waals surface area contributed by atoms with E-state index in [1.807, 2.05) is 36.7 Å². The molecule has 2 N–H and O–H groups in total. The van der Waals surface area contributed by atoms with Crippen LogP contribution in [0, 0.1) is 18.3 Å². The predicted octanol–water partition coefficient (Wildman–Crippen LogP) is 2.64. The third-order valence-electron chi connectivity index (χ3n) is 4.30. The number of benzene rings is 1. The maximum Gasteiger partial charge on any atom is 0.231 e. The summed E-state index contributed by atoms with van der Waals surface area (Å²) in [6, 6.07) is 7.79. The fourth-order valence-corrected chi connectivity index (χ4v) is 3.05. The minimum Gasteiger partial charge on any atom is -0.454 e. The molecule has 0 unspecified atom stereocenters. The van der Waals surface area contributed by atoms with Crippen molar-refractivity contribution in [3.63, 3.8) is 0 Å². The number of nitrogen functional groups attached to an aromatic ring is 1. The number of nitrogens with two attached hydrogens (primary N) is 1. The molecule has 7 nitrogen and oxygen atoms in total. The lowest BCUT2D eigenvalue weighted by Crippen LogP contribution is -2.05. The van der Waals surface area contributed by atoms with Gasteiger partial charge in [-0.2, -0.15) is 5.26 Å². The Morgan fingerprint density at radius 2 is 2.08 bits per heavy atom. The molecule has 0 bridgehead atoms. The van der Waals surface area contributed by atoms with Crippen molar-refractivity contribution >= 4 is 5.82 Å². The fourth-order valence-electron chi connectivity index (χ4n) is 3.05. The summed E-state index contributed by atoms with van der Waals surface area (Å²) in [7, 11) is 1.87. The monoisotopic (exact) mass is 333 g/mol. The molecule has 0 fully saturated rings. The van der Waals surface area contributed by atoms with Crippen LogP contribution in [0.25, 0.3) is 22.5 Å². The van der Waals surface area contributed by atoms with Gasteiger partial charge in [0.25, 0.3) is 0 Å². The van der Waals surface area contributed by atoms with Gasteiger partial charge in [-0.1, -0.05) is 0 Å². The number of aromatic nitrogens is 3. The number of nitrogens with zero attached hydrogens (tertiary/aromatic N) is 4. The van der Waals surface area contributed by atoms with E-state index in [9.17, 15) is 5.26 Å². The Bertz CT molecular complexity index is 1030. The van der Waals surface area contributed by atoms with Crippen LogP contribution in [0.5, 0.6) is 11.5 Å². The van der Waals surface area contributed by atoms with E-state index in [2.05, 4.69) is 16.0 Å². The van der Waals surface area contributed by atoms with Gasteiger partial charge in [0.1, 0.15) is 17.5 Å². The molecule has 3 aromatic rings. The number of anilines is 1. The van der Waals surface area contributed by atoms with E-state index in [-0.39, 0.29) is 12.6 Å². The molecule has 0 amide bonds. The molecule has 0 aliphatic carbocycles. The van der Waals surface area contributed by atoms with E-state index in [1.54, 1.807) is 12.5 Å². The number of nitriles is 1. The number of ether oxygens (including phenoxy) is 2. The molecule has 7 heteroatoms. The number of hydrogen-bond donors (Lipinski definition) is 1. The predicted molar refractivity (Wildman–Crippen MR) is 91.9 cm³/mol. The average molecular weight is 333 g/mol. The molecule has 0 saturated carbocycles. The summed E-state index contributed by atoms with van der Waals surface area (Å²) in [5.74, 6) is 1.57. The van der Waals surface area contributed by atoms with E-state index in [0.29, 0.717) is 22.8 Å². The molecule has 0 radical (unpaired) electrons. The second-order valence-corrected chi connectivity index (χ2v) is 5.79. The van der Waals surface area contributed by atoms with Gasteiger partial charge in [-0.05, 0) is 30.7 Å². The SMILES string of the molecule is Cc1c(-c2ccc3c(c2)OCO3)nc(N)c(C#N)c1-c1cncn1C. The summed E-state index contributed by atoms with van der Waals surface area (Å²) in [6.45, 7) is 2.14. The van der Waals surface area contributed by atoms with E-state index in [1.165, 1.54) is 0 Å². The maximum absolute atomic E-state index is 9.57. The van der Waals surface area contributed by atoms with Crippen LogP contribution < -0.4 is 15.2 Å². The van der Waals surface area contributed by atoms with Gasteiger partial charge in [0.15, 0.2) is 11.5 Å². The van der Waals surface area contributed by atoms with Gasteiger partial charge in [-0.15, -0.1) is 0 Å². The van der Waals surface area contributed by atoms with E-state index < -0.39 is 0 Å². The molecule has 1 aromatic carbocycles. The number of hydrogen-bond acceptors (Lipinski definition) is 6. The molecule has 1 aliphatic heterocycles. The number of rotatable bonds is 2. The lowest BCUT2D eigenvalue weighted by molar-refractivity contribution is 0.174. The number of aryl methyl sites for hydroxylation is 1. The Labute approximate surface area is 144 Å². The van der Waals surface area contributed by atoms with Crippen molar-refractivity contribution < 1.29 is 9.47 Å². The summed E-state index contributed by atoms with van der Waals surface area (Å²) < 4.78 is 12.7. The Morgan fingerprint density at radius 3 is 2.80 bits per heavy atom. The van der Waals surface area contributed by atoms with Crippen molar-refractivity contribution in [3.8, 4) is 40.1 Å². The van der Waals surface area contributed by atoms with Crippen LogP contribution in [-0.4, -0.2) is 21.3 Å². The van der Waals surface area contributed by atoms with Crippen molar-refractivity contribution in [1.82, 2.24) is 14.5 Å². The summed E-state index contributed by atoms with van der Waals surface area (Å²) >= 11 is 0. The van der Waals surface area contributed by atoms with Gasteiger partial charge >= 0.3 is 0 Å². The number of pyridine rings is 1. The van der Waals surface area contributed by atoms with Gasteiger partial charge < -0.3 is 19.8 Å². The normalized spacial score (nSPS) is 12.2. The van der Waals surface area contributed by atoms with Crippen LogP contribution in [0.4, 0.5) is 5.82 Å². The average Bonchev–Trinajstić information content (AvgIpc) is 3.24. The van der Waals surface area contributed by atoms with Gasteiger partial charge in [-0.3, -0.25) is 0 Å². The van der Waals surface area contributed by atoms with Crippen LogP contribution in [0.3, 0.4) is 0 Å². The van der Waals surface area contributed by atoms with Gasteiger partial charge in [0, 0.05) is 18.2 Å². The van der Waals surface area contributed by atoms with Crippen LogP contribution in [-0.2, 0) is 7.05 Å². The first-order valence-electron chi connectivity index (χ1n) is 7.67. The van der Waals surface area contributed by atoms with Crippen LogP contribution in [0.2, 0.25) is 0 Å². The molecule has 4 rings (SSSR count). The zero-order chi connectivity index (χ0) is 17.6. The zero-order valence-corrected chi connectivity index (χ0v) is 13.8. The maximum atomic E-state index is 9.57. The molecular weight excluding hydrogens is 318 g/mol. The third-order valence-corrected chi connectivity index (χ3v) is 4.30. The molecule has 1 aliphatic rings.